The minimum absolute atomic E-state index is 0.111. The molecule has 0 aliphatic carbocycles. The van der Waals surface area contributed by atoms with Crippen molar-refractivity contribution in [1.82, 2.24) is 5.32 Å². The molecule has 0 aromatic heterocycles. The van der Waals surface area contributed by atoms with Crippen molar-refractivity contribution < 1.29 is 14.3 Å². The van der Waals surface area contributed by atoms with E-state index in [1.54, 1.807) is 21.0 Å². The van der Waals surface area contributed by atoms with Gasteiger partial charge in [-0.15, -0.1) is 0 Å². The summed E-state index contributed by atoms with van der Waals surface area (Å²) in [6.45, 7) is 4.04. The van der Waals surface area contributed by atoms with Crippen molar-refractivity contribution in [3.63, 3.8) is 0 Å². The molecule has 0 heterocycles. The molecule has 0 spiro atoms. The zero-order chi connectivity index (χ0) is 13.6. The Bertz CT molecular complexity index is 402. The topological polar surface area (TPSA) is 47.6 Å². The summed E-state index contributed by atoms with van der Waals surface area (Å²) in [5, 5.41) is 2.85. The van der Waals surface area contributed by atoms with Crippen molar-refractivity contribution >= 4 is 5.91 Å². The molecule has 0 radical (unpaired) electrons. The molecular weight excluding hydrogens is 230 g/mol. The van der Waals surface area contributed by atoms with Crippen LogP contribution in [0.15, 0.2) is 24.3 Å². The fourth-order valence-corrected chi connectivity index (χ4v) is 1.53. The van der Waals surface area contributed by atoms with Crippen LogP contribution in [0.25, 0.3) is 0 Å². The van der Waals surface area contributed by atoms with Gasteiger partial charge in [-0.2, -0.15) is 0 Å². The number of para-hydroxylation sites is 1. The standard InChI is InChI=1S/C14H21NO3/c1-14(2,18-4)13(16)15-10-9-11-7-5-6-8-12(11)17-3/h5-8H,9-10H2,1-4H3,(H,15,16). The van der Waals surface area contributed by atoms with Crippen LogP contribution in [0.1, 0.15) is 19.4 Å². The number of amides is 1. The molecule has 0 saturated carbocycles. The number of rotatable bonds is 6. The first-order chi connectivity index (χ1) is 8.51. The number of hydrogen-bond donors (Lipinski definition) is 1. The van der Waals surface area contributed by atoms with Crippen LogP contribution in [-0.4, -0.2) is 32.3 Å². The number of methoxy groups -OCH3 is 2. The highest BCUT2D eigenvalue weighted by atomic mass is 16.5. The number of carbonyl (C=O) groups excluding carboxylic acids is 1. The minimum Gasteiger partial charge on any atom is -0.496 e. The quantitative estimate of drug-likeness (QED) is 0.838. The lowest BCUT2D eigenvalue weighted by Crippen LogP contribution is -2.44. The smallest absolute Gasteiger partial charge is 0.251 e. The summed E-state index contributed by atoms with van der Waals surface area (Å²) in [4.78, 5) is 11.8. The molecule has 4 nitrogen and oxygen atoms in total. The van der Waals surface area contributed by atoms with E-state index in [4.69, 9.17) is 9.47 Å². The Morgan fingerprint density at radius 2 is 1.94 bits per heavy atom. The second-order valence-electron chi connectivity index (χ2n) is 4.53. The molecular formula is C14H21NO3. The first kappa shape index (κ1) is 14.5. The molecule has 0 fully saturated rings. The van der Waals surface area contributed by atoms with E-state index in [0.717, 1.165) is 17.7 Å². The molecule has 18 heavy (non-hydrogen) atoms. The molecule has 1 N–H and O–H groups in total. The van der Waals surface area contributed by atoms with E-state index in [2.05, 4.69) is 5.32 Å². The van der Waals surface area contributed by atoms with Gasteiger partial charge in [0.15, 0.2) is 0 Å². The molecule has 1 amide bonds. The van der Waals surface area contributed by atoms with Crippen molar-refractivity contribution in [2.45, 2.75) is 25.9 Å². The minimum atomic E-state index is -0.791. The summed E-state index contributed by atoms with van der Waals surface area (Å²) in [5.41, 5.74) is 0.288. The van der Waals surface area contributed by atoms with Gasteiger partial charge >= 0.3 is 0 Å². The summed E-state index contributed by atoms with van der Waals surface area (Å²) < 4.78 is 10.4. The van der Waals surface area contributed by atoms with Crippen molar-refractivity contribution in [3.05, 3.63) is 29.8 Å². The largest absolute Gasteiger partial charge is 0.496 e. The number of nitrogens with one attached hydrogen (secondary N) is 1. The first-order valence-electron chi connectivity index (χ1n) is 5.96. The average molecular weight is 251 g/mol. The van der Waals surface area contributed by atoms with Gasteiger partial charge in [-0.1, -0.05) is 18.2 Å². The van der Waals surface area contributed by atoms with Crippen LogP contribution in [0.5, 0.6) is 5.75 Å². The predicted molar refractivity (Wildman–Crippen MR) is 70.8 cm³/mol. The number of carbonyl (C=O) groups is 1. The SMILES string of the molecule is COc1ccccc1CCNC(=O)C(C)(C)OC. The molecule has 1 aromatic rings. The van der Waals surface area contributed by atoms with Gasteiger partial charge in [0, 0.05) is 13.7 Å². The van der Waals surface area contributed by atoms with Crippen LogP contribution in [0, 0.1) is 0 Å². The third-order valence-corrected chi connectivity index (χ3v) is 2.93. The molecule has 0 aliphatic heterocycles. The van der Waals surface area contributed by atoms with E-state index in [1.807, 2.05) is 24.3 Å². The van der Waals surface area contributed by atoms with Crippen LogP contribution in [0.2, 0.25) is 0 Å². The van der Waals surface area contributed by atoms with Gasteiger partial charge in [-0.05, 0) is 31.9 Å². The second-order valence-corrected chi connectivity index (χ2v) is 4.53. The van der Waals surface area contributed by atoms with Gasteiger partial charge in [-0.25, -0.2) is 0 Å². The third-order valence-electron chi connectivity index (χ3n) is 2.93. The van der Waals surface area contributed by atoms with E-state index in [9.17, 15) is 4.79 Å². The maximum atomic E-state index is 11.8. The number of ether oxygens (including phenoxy) is 2. The normalized spacial score (nSPS) is 11.1. The van der Waals surface area contributed by atoms with E-state index in [1.165, 1.54) is 7.11 Å². The lowest BCUT2D eigenvalue weighted by atomic mass is 10.1. The van der Waals surface area contributed by atoms with Crippen molar-refractivity contribution in [3.8, 4) is 5.75 Å². The molecule has 100 valence electrons. The Labute approximate surface area is 108 Å². The van der Waals surface area contributed by atoms with Crippen LogP contribution in [-0.2, 0) is 16.0 Å². The zero-order valence-corrected chi connectivity index (χ0v) is 11.4. The molecule has 4 heteroatoms. The van der Waals surface area contributed by atoms with Crippen molar-refractivity contribution in [2.24, 2.45) is 0 Å². The van der Waals surface area contributed by atoms with Crippen LogP contribution in [0.4, 0.5) is 0 Å². The van der Waals surface area contributed by atoms with Crippen LogP contribution < -0.4 is 10.1 Å². The highest BCUT2D eigenvalue weighted by Crippen LogP contribution is 2.17. The van der Waals surface area contributed by atoms with Crippen LogP contribution >= 0.6 is 0 Å². The van der Waals surface area contributed by atoms with E-state index in [-0.39, 0.29) is 5.91 Å². The lowest BCUT2D eigenvalue weighted by Gasteiger charge is -2.21. The van der Waals surface area contributed by atoms with Crippen molar-refractivity contribution in [1.29, 1.82) is 0 Å². The Kier molecular flexibility index (Phi) is 5.16. The molecule has 0 unspecified atom stereocenters. The fourth-order valence-electron chi connectivity index (χ4n) is 1.53. The van der Waals surface area contributed by atoms with Gasteiger partial charge in [-0.3, -0.25) is 4.79 Å². The van der Waals surface area contributed by atoms with Gasteiger partial charge in [0.25, 0.3) is 5.91 Å². The van der Waals surface area contributed by atoms with E-state index >= 15 is 0 Å². The second kappa shape index (κ2) is 6.40. The summed E-state index contributed by atoms with van der Waals surface area (Å²) >= 11 is 0. The predicted octanol–water partition coefficient (Wildman–Crippen LogP) is 1.78. The van der Waals surface area contributed by atoms with Gasteiger partial charge in [0.1, 0.15) is 11.4 Å². The Hall–Kier alpha value is -1.55. The summed E-state index contributed by atoms with van der Waals surface area (Å²) in [6, 6.07) is 7.79. The fraction of sp³-hybridized carbons (Fsp3) is 0.500. The van der Waals surface area contributed by atoms with Gasteiger partial charge in [0.2, 0.25) is 0 Å². The molecule has 0 aliphatic rings. The third kappa shape index (κ3) is 3.74. The van der Waals surface area contributed by atoms with Gasteiger partial charge in [0.05, 0.1) is 7.11 Å². The summed E-state index contributed by atoms with van der Waals surface area (Å²) in [5.74, 6) is 0.734. The van der Waals surface area contributed by atoms with Gasteiger partial charge < -0.3 is 14.8 Å². The average Bonchev–Trinajstić information content (AvgIpc) is 2.39. The Morgan fingerprint density at radius 1 is 1.28 bits per heavy atom. The zero-order valence-electron chi connectivity index (χ0n) is 11.4. The van der Waals surface area contributed by atoms with E-state index < -0.39 is 5.60 Å². The number of hydrogen-bond acceptors (Lipinski definition) is 3. The summed E-state index contributed by atoms with van der Waals surface area (Å²) in [7, 11) is 3.17. The maximum Gasteiger partial charge on any atom is 0.251 e. The lowest BCUT2D eigenvalue weighted by molar-refractivity contribution is -0.139. The number of benzene rings is 1. The highest BCUT2D eigenvalue weighted by molar-refractivity contribution is 5.84. The molecule has 0 saturated heterocycles. The Balaban J connectivity index is 2.49. The molecule has 0 bridgehead atoms. The molecule has 0 atom stereocenters. The Morgan fingerprint density at radius 3 is 2.56 bits per heavy atom. The molecule has 1 rings (SSSR count). The monoisotopic (exact) mass is 251 g/mol. The first-order valence-corrected chi connectivity index (χ1v) is 5.96. The van der Waals surface area contributed by atoms with E-state index in [0.29, 0.717) is 6.54 Å². The van der Waals surface area contributed by atoms with Crippen LogP contribution in [0.3, 0.4) is 0 Å². The maximum absolute atomic E-state index is 11.8. The summed E-state index contributed by atoms with van der Waals surface area (Å²) in [6.07, 6.45) is 0.732. The highest BCUT2D eigenvalue weighted by Gasteiger charge is 2.26. The molecule has 1 aromatic carbocycles. The van der Waals surface area contributed by atoms with Crippen molar-refractivity contribution in [2.75, 3.05) is 20.8 Å².